The van der Waals surface area contributed by atoms with E-state index in [0.29, 0.717) is 18.4 Å². The van der Waals surface area contributed by atoms with Crippen molar-refractivity contribution in [1.29, 1.82) is 0 Å². The molecule has 0 aromatic heterocycles. The van der Waals surface area contributed by atoms with Crippen LogP contribution in [0.2, 0.25) is 0 Å². The fourth-order valence-corrected chi connectivity index (χ4v) is 2.48. The fourth-order valence-electron chi connectivity index (χ4n) is 2.48. The van der Waals surface area contributed by atoms with Gasteiger partial charge >= 0.3 is 0 Å². The fraction of sp³-hybridized carbons (Fsp3) is 0.647. The molecule has 1 heterocycles. The van der Waals surface area contributed by atoms with E-state index in [4.69, 9.17) is 9.47 Å². The average Bonchev–Trinajstić information content (AvgIpc) is 2.91. The third-order valence-corrected chi connectivity index (χ3v) is 3.74. The van der Waals surface area contributed by atoms with Crippen LogP contribution in [-0.4, -0.2) is 32.9 Å². The van der Waals surface area contributed by atoms with Crippen molar-refractivity contribution in [3.05, 3.63) is 29.3 Å². The second kappa shape index (κ2) is 7.65. The van der Waals surface area contributed by atoms with Crippen molar-refractivity contribution in [3.8, 4) is 5.75 Å². The molecule has 1 fully saturated rings. The molecule has 3 nitrogen and oxygen atoms in total. The summed E-state index contributed by atoms with van der Waals surface area (Å²) in [6, 6.07) is 6.50. The first-order chi connectivity index (χ1) is 9.65. The maximum Gasteiger partial charge on any atom is 0.119 e. The molecule has 0 spiro atoms. The Labute approximate surface area is 122 Å². The molecule has 1 saturated heterocycles. The summed E-state index contributed by atoms with van der Waals surface area (Å²) in [4.78, 5) is 0. The first-order valence-electron chi connectivity index (χ1n) is 7.68. The van der Waals surface area contributed by atoms with Crippen LogP contribution in [0.15, 0.2) is 18.2 Å². The van der Waals surface area contributed by atoms with E-state index in [9.17, 15) is 0 Å². The standard InChI is InChI=1S/C17H27NO2/c1-13(2)16-8-14(3)9-17(10-16)20-7-5-18-11-15-4-6-19-12-15/h8-10,13,15,18H,4-7,11-12H2,1-3H3. The lowest BCUT2D eigenvalue weighted by Crippen LogP contribution is -2.27. The van der Waals surface area contributed by atoms with E-state index in [1.807, 2.05) is 0 Å². The Balaban J connectivity index is 1.70. The molecule has 1 unspecified atom stereocenters. The molecule has 0 radical (unpaired) electrons. The highest BCUT2D eigenvalue weighted by molar-refractivity contribution is 5.35. The molecule has 1 aliphatic heterocycles. The van der Waals surface area contributed by atoms with E-state index in [2.05, 4.69) is 44.3 Å². The monoisotopic (exact) mass is 277 g/mol. The second-order valence-corrected chi connectivity index (χ2v) is 6.02. The van der Waals surface area contributed by atoms with Crippen molar-refractivity contribution in [2.24, 2.45) is 5.92 Å². The van der Waals surface area contributed by atoms with Crippen molar-refractivity contribution in [1.82, 2.24) is 5.32 Å². The van der Waals surface area contributed by atoms with E-state index in [1.54, 1.807) is 0 Å². The van der Waals surface area contributed by atoms with Crippen LogP contribution < -0.4 is 10.1 Å². The minimum atomic E-state index is 0.540. The number of hydrogen-bond acceptors (Lipinski definition) is 3. The lowest BCUT2D eigenvalue weighted by molar-refractivity contribution is 0.185. The van der Waals surface area contributed by atoms with Crippen molar-refractivity contribution < 1.29 is 9.47 Å². The van der Waals surface area contributed by atoms with Crippen molar-refractivity contribution in [2.75, 3.05) is 32.9 Å². The summed E-state index contributed by atoms with van der Waals surface area (Å²) in [6.45, 7) is 11.0. The van der Waals surface area contributed by atoms with E-state index in [-0.39, 0.29) is 0 Å². The largest absolute Gasteiger partial charge is 0.492 e. The molecule has 20 heavy (non-hydrogen) atoms. The smallest absolute Gasteiger partial charge is 0.119 e. The Bertz CT molecular complexity index is 411. The van der Waals surface area contributed by atoms with E-state index >= 15 is 0 Å². The van der Waals surface area contributed by atoms with Gasteiger partial charge in [-0.15, -0.1) is 0 Å². The molecule has 1 aliphatic rings. The van der Waals surface area contributed by atoms with Gasteiger partial charge in [-0.1, -0.05) is 19.9 Å². The predicted molar refractivity (Wildman–Crippen MR) is 82.6 cm³/mol. The highest BCUT2D eigenvalue weighted by atomic mass is 16.5. The van der Waals surface area contributed by atoms with Crippen LogP contribution in [0.4, 0.5) is 0 Å². The van der Waals surface area contributed by atoms with Gasteiger partial charge < -0.3 is 14.8 Å². The second-order valence-electron chi connectivity index (χ2n) is 6.02. The third kappa shape index (κ3) is 4.80. The van der Waals surface area contributed by atoms with Gasteiger partial charge in [-0.3, -0.25) is 0 Å². The zero-order valence-electron chi connectivity index (χ0n) is 12.9. The van der Waals surface area contributed by atoms with Crippen molar-refractivity contribution in [2.45, 2.75) is 33.1 Å². The van der Waals surface area contributed by atoms with Crippen molar-refractivity contribution in [3.63, 3.8) is 0 Å². The Hall–Kier alpha value is -1.06. The van der Waals surface area contributed by atoms with E-state index < -0.39 is 0 Å². The topological polar surface area (TPSA) is 30.5 Å². The summed E-state index contributed by atoms with van der Waals surface area (Å²) in [5.41, 5.74) is 2.61. The van der Waals surface area contributed by atoms with Crippen LogP contribution >= 0.6 is 0 Å². The van der Waals surface area contributed by atoms with Crippen molar-refractivity contribution >= 4 is 0 Å². The zero-order valence-corrected chi connectivity index (χ0v) is 12.9. The summed E-state index contributed by atoms with van der Waals surface area (Å²) >= 11 is 0. The summed E-state index contributed by atoms with van der Waals surface area (Å²) < 4.78 is 11.2. The minimum absolute atomic E-state index is 0.540. The number of benzene rings is 1. The zero-order chi connectivity index (χ0) is 14.4. The Morgan fingerprint density at radius 3 is 2.90 bits per heavy atom. The third-order valence-electron chi connectivity index (χ3n) is 3.74. The van der Waals surface area contributed by atoms with Gasteiger partial charge in [0.1, 0.15) is 12.4 Å². The molecule has 0 amide bonds. The molecule has 1 aromatic rings. The van der Waals surface area contributed by atoms with Gasteiger partial charge in [0.2, 0.25) is 0 Å². The number of nitrogens with one attached hydrogen (secondary N) is 1. The average molecular weight is 277 g/mol. The van der Waals surface area contributed by atoms with Gasteiger partial charge in [0.25, 0.3) is 0 Å². The van der Waals surface area contributed by atoms with Crippen LogP contribution in [0, 0.1) is 12.8 Å². The molecular formula is C17H27NO2. The van der Waals surface area contributed by atoms with Crippen LogP contribution in [0.1, 0.15) is 37.3 Å². The lowest BCUT2D eigenvalue weighted by Gasteiger charge is -2.13. The Morgan fingerprint density at radius 1 is 1.35 bits per heavy atom. The summed E-state index contributed by atoms with van der Waals surface area (Å²) in [7, 11) is 0. The minimum Gasteiger partial charge on any atom is -0.492 e. The Kier molecular flexibility index (Phi) is 5.86. The number of aryl methyl sites for hydroxylation is 1. The normalized spacial score (nSPS) is 18.7. The number of hydrogen-bond donors (Lipinski definition) is 1. The quantitative estimate of drug-likeness (QED) is 0.777. The maximum atomic E-state index is 5.85. The number of ether oxygens (including phenoxy) is 2. The molecule has 0 bridgehead atoms. The van der Waals surface area contributed by atoms with Gasteiger partial charge in [-0.05, 0) is 48.4 Å². The molecule has 2 rings (SSSR count). The van der Waals surface area contributed by atoms with Gasteiger partial charge in [0.15, 0.2) is 0 Å². The SMILES string of the molecule is Cc1cc(OCCNCC2CCOC2)cc(C(C)C)c1. The van der Waals surface area contributed by atoms with Gasteiger partial charge in [-0.2, -0.15) is 0 Å². The molecule has 112 valence electrons. The number of rotatable bonds is 7. The molecule has 0 saturated carbocycles. The lowest BCUT2D eigenvalue weighted by atomic mass is 10.0. The summed E-state index contributed by atoms with van der Waals surface area (Å²) in [6.07, 6.45) is 1.18. The van der Waals surface area contributed by atoms with E-state index in [0.717, 1.165) is 32.1 Å². The van der Waals surface area contributed by atoms with Crippen LogP contribution in [0.25, 0.3) is 0 Å². The first kappa shape index (κ1) is 15.3. The molecule has 0 aliphatic carbocycles. The van der Waals surface area contributed by atoms with Crippen LogP contribution in [-0.2, 0) is 4.74 Å². The molecular weight excluding hydrogens is 250 g/mol. The summed E-state index contributed by atoms with van der Waals surface area (Å²) in [5.74, 6) is 2.21. The predicted octanol–water partition coefficient (Wildman–Crippen LogP) is 3.12. The van der Waals surface area contributed by atoms with Gasteiger partial charge in [0.05, 0.1) is 6.61 Å². The molecule has 1 atom stereocenters. The van der Waals surface area contributed by atoms with Gasteiger partial charge in [-0.25, -0.2) is 0 Å². The first-order valence-corrected chi connectivity index (χ1v) is 7.68. The molecule has 1 N–H and O–H groups in total. The molecule has 3 heteroatoms. The van der Waals surface area contributed by atoms with Gasteiger partial charge in [0, 0.05) is 19.7 Å². The van der Waals surface area contributed by atoms with Crippen LogP contribution in [0.5, 0.6) is 5.75 Å². The maximum absolute atomic E-state index is 5.85. The Morgan fingerprint density at radius 2 is 2.20 bits per heavy atom. The highest BCUT2D eigenvalue weighted by Crippen LogP contribution is 2.22. The highest BCUT2D eigenvalue weighted by Gasteiger charge is 2.14. The summed E-state index contributed by atoms with van der Waals surface area (Å²) in [5, 5.41) is 3.44. The van der Waals surface area contributed by atoms with Crippen LogP contribution in [0.3, 0.4) is 0 Å². The molecule has 1 aromatic carbocycles. The van der Waals surface area contributed by atoms with E-state index in [1.165, 1.54) is 17.5 Å².